The number of aliphatic hydroxyl groups is 1. The molecule has 0 spiro atoms. The summed E-state index contributed by atoms with van der Waals surface area (Å²) in [6.45, 7) is 8.24. The highest BCUT2D eigenvalue weighted by Gasteiger charge is 2.48. The Labute approximate surface area is 74.9 Å². The average molecular weight is 172 g/mol. The number of aliphatic hydroxyl groups excluding tert-OH is 1. The number of ether oxygens (including phenoxy) is 1. The van der Waals surface area contributed by atoms with Crippen molar-refractivity contribution in [1.29, 1.82) is 0 Å². The maximum atomic E-state index is 9.79. The van der Waals surface area contributed by atoms with E-state index in [2.05, 4.69) is 20.8 Å². The van der Waals surface area contributed by atoms with Crippen molar-refractivity contribution < 1.29 is 9.84 Å². The van der Waals surface area contributed by atoms with Gasteiger partial charge < -0.3 is 9.84 Å². The van der Waals surface area contributed by atoms with E-state index < -0.39 is 0 Å². The van der Waals surface area contributed by atoms with Crippen LogP contribution in [0.1, 0.15) is 47.0 Å². The zero-order valence-corrected chi connectivity index (χ0v) is 8.55. The monoisotopic (exact) mass is 172 g/mol. The summed E-state index contributed by atoms with van der Waals surface area (Å²) >= 11 is 0. The van der Waals surface area contributed by atoms with Crippen LogP contribution in [0.15, 0.2) is 0 Å². The summed E-state index contributed by atoms with van der Waals surface area (Å²) in [6, 6.07) is 0. The average Bonchev–Trinajstić information content (AvgIpc) is 2.25. The first-order valence-electron chi connectivity index (χ1n) is 4.84. The summed E-state index contributed by atoms with van der Waals surface area (Å²) < 4.78 is 5.90. The Kier molecular flexibility index (Phi) is 2.50. The Morgan fingerprint density at radius 3 is 2.17 bits per heavy atom. The molecule has 1 N–H and O–H groups in total. The Morgan fingerprint density at radius 1 is 1.33 bits per heavy atom. The molecule has 1 saturated heterocycles. The Bertz CT molecular complexity index is 169. The van der Waals surface area contributed by atoms with E-state index in [1.807, 2.05) is 6.92 Å². The zero-order valence-electron chi connectivity index (χ0n) is 8.55. The minimum absolute atomic E-state index is 0.107. The molecule has 1 aliphatic heterocycles. The lowest BCUT2D eigenvalue weighted by molar-refractivity contribution is -0.110. The first kappa shape index (κ1) is 10.0. The molecule has 0 radical (unpaired) electrons. The predicted molar refractivity (Wildman–Crippen MR) is 49.1 cm³/mol. The van der Waals surface area contributed by atoms with Crippen LogP contribution in [-0.2, 0) is 4.74 Å². The number of rotatable bonds is 2. The van der Waals surface area contributed by atoms with E-state index in [-0.39, 0.29) is 17.3 Å². The molecule has 72 valence electrons. The van der Waals surface area contributed by atoms with Crippen LogP contribution in [0.3, 0.4) is 0 Å². The van der Waals surface area contributed by atoms with Gasteiger partial charge in [0.15, 0.2) is 0 Å². The van der Waals surface area contributed by atoms with Crippen molar-refractivity contribution in [3.63, 3.8) is 0 Å². The molecule has 0 unspecified atom stereocenters. The van der Waals surface area contributed by atoms with Gasteiger partial charge >= 0.3 is 0 Å². The minimum atomic E-state index is -0.315. The van der Waals surface area contributed by atoms with E-state index in [0.29, 0.717) is 0 Å². The lowest BCUT2D eigenvalue weighted by Crippen LogP contribution is -2.35. The highest BCUT2D eigenvalue weighted by Crippen LogP contribution is 2.41. The van der Waals surface area contributed by atoms with Gasteiger partial charge in [0.05, 0.1) is 17.3 Å². The third-order valence-corrected chi connectivity index (χ3v) is 3.26. The van der Waals surface area contributed by atoms with E-state index in [9.17, 15) is 5.11 Å². The third-order valence-electron chi connectivity index (χ3n) is 3.26. The van der Waals surface area contributed by atoms with Crippen LogP contribution in [-0.4, -0.2) is 22.4 Å². The molecule has 0 saturated carbocycles. The summed E-state index contributed by atoms with van der Waals surface area (Å²) in [4.78, 5) is 0. The zero-order chi connectivity index (χ0) is 9.41. The van der Waals surface area contributed by atoms with Gasteiger partial charge in [0, 0.05) is 6.42 Å². The molecular formula is C10H20O2. The fourth-order valence-electron chi connectivity index (χ4n) is 1.82. The number of hydrogen-bond donors (Lipinski definition) is 1. The molecule has 0 aromatic carbocycles. The Morgan fingerprint density at radius 2 is 1.92 bits per heavy atom. The molecule has 0 aromatic rings. The van der Waals surface area contributed by atoms with Crippen molar-refractivity contribution >= 4 is 0 Å². The van der Waals surface area contributed by atoms with Crippen LogP contribution in [0.4, 0.5) is 0 Å². The van der Waals surface area contributed by atoms with E-state index in [1.54, 1.807) is 0 Å². The SMILES string of the molecule is CC[C@]1(C)C[C@@H](O)[C@](C)(CC)O1. The maximum absolute atomic E-state index is 9.79. The molecule has 1 heterocycles. The lowest BCUT2D eigenvalue weighted by atomic mass is 9.92. The Balaban J connectivity index is 2.74. The van der Waals surface area contributed by atoms with Gasteiger partial charge in [-0.05, 0) is 26.7 Å². The van der Waals surface area contributed by atoms with Gasteiger partial charge in [-0.15, -0.1) is 0 Å². The van der Waals surface area contributed by atoms with Crippen LogP contribution < -0.4 is 0 Å². The third kappa shape index (κ3) is 1.50. The van der Waals surface area contributed by atoms with Gasteiger partial charge in [-0.3, -0.25) is 0 Å². The maximum Gasteiger partial charge on any atom is 0.0918 e. The highest BCUT2D eigenvalue weighted by atomic mass is 16.5. The smallest absolute Gasteiger partial charge is 0.0918 e. The minimum Gasteiger partial charge on any atom is -0.390 e. The van der Waals surface area contributed by atoms with Gasteiger partial charge in [0.2, 0.25) is 0 Å². The van der Waals surface area contributed by atoms with Gasteiger partial charge in [0.25, 0.3) is 0 Å². The van der Waals surface area contributed by atoms with Gasteiger partial charge in [-0.25, -0.2) is 0 Å². The first-order valence-corrected chi connectivity index (χ1v) is 4.84. The topological polar surface area (TPSA) is 29.5 Å². The summed E-state index contributed by atoms with van der Waals surface area (Å²) in [5.74, 6) is 0. The lowest BCUT2D eigenvalue weighted by Gasteiger charge is -2.29. The molecule has 1 fully saturated rings. The molecule has 0 aliphatic carbocycles. The van der Waals surface area contributed by atoms with Crippen molar-refractivity contribution in [3.05, 3.63) is 0 Å². The van der Waals surface area contributed by atoms with Crippen LogP contribution in [0.25, 0.3) is 0 Å². The second kappa shape index (κ2) is 3.00. The van der Waals surface area contributed by atoms with Crippen LogP contribution in [0, 0.1) is 0 Å². The molecule has 12 heavy (non-hydrogen) atoms. The van der Waals surface area contributed by atoms with E-state index in [1.165, 1.54) is 0 Å². The first-order chi connectivity index (χ1) is 5.46. The molecular weight excluding hydrogens is 152 g/mol. The van der Waals surface area contributed by atoms with Crippen molar-refractivity contribution in [2.75, 3.05) is 0 Å². The van der Waals surface area contributed by atoms with Gasteiger partial charge in [-0.1, -0.05) is 13.8 Å². The van der Waals surface area contributed by atoms with Gasteiger partial charge in [0.1, 0.15) is 0 Å². The molecule has 2 nitrogen and oxygen atoms in total. The Hall–Kier alpha value is -0.0800. The van der Waals surface area contributed by atoms with Crippen LogP contribution >= 0.6 is 0 Å². The van der Waals surface area contributed by atoms with Crippen molar-refractivity contribution in [2.45, 2.75) is 64.3 Å². The van der Waals surface area contributed by atoms with Crippen molar-refractivity contribution in [1.82, 2.24) is 0 Å². The van der Waals surface area contributed by atoms with Crippen LogP contribution in [0.2, 0.25) is 0 Å². The van der Waals surface area contributed by atoms with Crippen molar-refractivity contribution in [3.8, 4) is 0 Å². The fourth-order valence-corrected chi connectivity index (χ4v) is 1.82. The summed E-state index contributed by atoms with van der Waals surface area (Å²) in [5.41, 5.74) is -0.422. The normalized spacial score (nSPS) is 48.2. The second-order valence-electron chi connectivity index (χ2n) is 4.29. The molecule has 0 bridgehead atoms. The van der Waals surface area contributed by atoms with Gasteiger partial charge in [-0.2, -0.15) is 0 Å². The molecule has 3 atom stereocenters. The van der Waals surface area contributed by atoms with Crippen molar-refractivity contribution in [2.24, 2.45) is 0 Å². The molecule has 1 rings (SSSR count). The second-order valence-corrected chi connectivity index (χ2v) is 4.29. The largest absolute Gasteiger partial charge is 0.390 e. The molecule has 0 aromatic heterocycles. The van der Waals surface area contributed by atoms with Crippen LogP contribution in [0.5, 0.6) is 0 Å². The molecule has 0 amide bonds. The predicted octanol–water partition coefficient (Wildman–Crippen LogP) is 2.10. The quantitative estimate of drug-likeness (QED) is 0.691. The molecule has 2 heteroatoms. The van der Waals surface area contributed by atoms with E-state index >= 15 is 0 Å². The van der Waals surface area contributed by atoms with E-state index in [0.717, 1.165) is 19.3 Å². The number of hydrogen-bond acceptors (Lipinski definition) is 2. The standard InChI is InChI=1S/C10H20O2/c1-5-9(3)7-8(11)10(4,6-2)12-9/h8,11H,5-7H2,1-4H3/t8-,9-,10+/m1/s1. The summed E-state index contributed by atoms with van der Waals surface area (Å²) in [7, 11) is 0. The molecule has 1 aliphatic rings. The fraction of sp³-hybridized carbons (Fsp3) is 1.00. The highest BCUT2D eigenvalue weighted by molar-refractivity contribution is 4.97. The summed E-state index contributed by atoms with van der Waals surface area (Å²) in [6.07, 6.45) is 2.32. The van der Waals surface area contributed by atoms with E-state index in [4.69, 9.17) is 4.74 Å². The summed E-state index contributed by atoms with van der Waals surface area (Å²) in [5, 5.41) is 9.79.